The number of carboxylic acid groups (broad SMARTS) is 1. The van der Waals surface area contributed by atoms with Crippen LogP contribution in [-0.4, -0.2) is 35.5 Å². The van der Waals surface area contributed by atoms with E-state index in [1.165, 1.54) is 18.4 Å². The van der Waals surface area contributed by atoms with E-state index in [2.05, 4.69) is 24.8 Å². The molecule has 0 amide bonds. The van der Waals surface area contributed by atoms with Gasteiger partial charge in [0.1, 0.15) is 6.61 Å². The Morgan fingerprint density at radius 2 is 1.94 bits per heavy atom. The Labute approximate surface area is 204 Å². The van der Waals surface area contributed by atoms with Crippen LogP contribution in [0.4, 0.5) is 0 Å². The van der Waals surface area contributed by atoms with Crippen LogP contribution in [0.3, 0.4) is 0 Å². The van der Waals surface area contributed by atoms with Crippen LogP contribution in [-0.2, 0) is 9.53 Å². The van der Waals surface area contributed by atoms with Crippen LogP contribution in [0.15, 0.2) is 66.3 Å². The zero-order valence-electron chi connectivity index (χ0n) is 20.3. The minimum Gasteiger partial charge on any atom is -0.480 e. The number of aliphatic carboxylic acids is 1. The summed E-state index contributed by atoms with van der Waals surface area (Å²) in [6, 6.07) is 10.1. The third kappa shape index (κ3) is 8.01. The van der Waals surface area contributed by atoms with Crippen LogP contribution in [0.5, 0.6) is 0 Å². The quantitative estimate of drug-likeness (QED) is 0.192. The molecule has 3 rings (SSSR count). The van der Waals surface area contributed by atoms with Crippen molar-refractivity contribution in [3.05, 3.63) is 71.8 Å². The molecular formula is C30H38O4. The summed E-state index contributed by atoms with van der Waals surface area (Å²) in [7, 11) is 0. The van der Waals surface area contributed by atoms with Crippen molar-refractivity contribution >= 4 is 5.97 Å². The second kappa shape index (κ2) is 12.7. The van der Waals surface area contributed by atoms with Gasteiger partial charge in [-0.15, -0.1) is 0 Å². The predicted molar refractivity (Wildman–Crippen MR) is 136 cm³/mol. The molecule has 4 heteroatoms. The molecule has 2 atom stereocenters. The summed E-state index contributed by atoms with van der Waals surface area (Å²) in [6.45, 7) is 2.29. The number of aliphatic hydroxyl groups excluding tert-OH is 1. The molecule has 0 saturated heterocycles. The second-order valence-electron chi connectivity index (χ2n) is 9.98. The van der Waals surface area contributed by atoms with Crippen molar-refractivity contribution in [1.82, 2.24) is 0 Å². The number of allylic oxidation sites excluding steroid dienone is 4. The number of benzene rings is 1. The highest BCUT2D eigenvalue weighted by atomic mass is 16.5. The maximum absolute atomic E-state index is 10.7. The van der Waals surface area contributed by atoms with Gasteiger partial charge in [-0.05, 0) is 56.1 Å². The summed E-state index contributed by atoms with van der Waals surface area (Å²) < 4.78 is 5.21. The van der Waals surface area contributed by atoms with Crippen molar-refractivity contribution in [3.8, 4) is 11.8 Å². The normalized spacial score (nSPS) is 24.0. The van der Waals surface area contributed by atoms with E-state index in [0.717, 1.165) is 50.5 Å². The van der Waals surface area contributed by atoms with Crippen LogP contribution in [0.1, 0.15) is 70.3 Å². The van der Waals surface area contributed by atoms with Crippen LogP contribution < -0.4 is 0 Å². The van der Waals surface area contributed by atoms with Gasteiger partial charge in [0.2, 0.25) is 0 Å². The van der Waals surface area contributed by atoms with E-state index in [4.69, 9.17) is 9.84 Å². The molecule has 0 radical (unpaired) electrons. The third-order valence-electron chi connectivity index (χ3n) is 7.23. The lowest BCUT2D eigenvalue weighted by Crippen LogP contribution is -2.32. The van der Waals surface area contributed by atoms with Crippen molar-refractivity contribution < 1.29 is 19.7 Å². The van der Waals surface area contributed by atoms with Gasteiger partial charge in [-0.2, -0.15) is 0 Å². The first kappa shape index (κ1) is 26.0. The average molecular weight is 463 g/mol. The van der Waals surface area contributed by atoms with E-state index in [-0.39, 0.29) is 17.4 Å². The van der Waals surface area contributed by atoms with Crippen LogP contribution in [0.2, 0.25) is 0 Å². The summed E-state index contributed by atoms with van der Waals surface area (Å²) in [6.07, 6.45) is 19.2. The Hall–Kier alpha value is -2.61. The lowest BCUT2D eigenvalue weighted by Gasteiger charge is -2.41. The Balaban J connectivity index is 1.52. The molecule has 4 nitrogen and oxygen atoms in total. The minimum atomic E-state index is -0.944. The molecule has 0 aromatic heterocycles. The first-order chi connectivity index (χ1) is 16.4. The number of carbonyl (C=O) groups is 1. The Morgan fingerprint density at radius 3 is 2.65 bits per heavy atom. The molecule has 2 saturated carbocycles. The summed E-state index contributed by atoms with van der Waals surface area (Å²) in [5.74, 6) is 5.66. The molecular weight excluding hydrogens is 424 g/mol. The molecule has 0 bridgehead atoms. The fraction of sp³-hybridized carbons (Fsp3) is 0.500. The zero-order valence-corrected chi connectivity index (χ0v) is 20.3. The second-order valence-corrected chi connectivity index (χ2v) is 9.98. The average Bonchev–Trinajstić information content (AvgIpc) is 2.79. The Kier molecular flexibility index (Phi) is 9.74. The third-order valence-corrected chi connectivity index (χ3v) is 7.23. The molecule has 2 fully saturated rings. The topological polar surface area (TPSA) is 66.8 Å². The lowest BCUT2D eigenvalue weighted by atomic mass is 9.64. The van der Waals surface area contributed by atoms with Gasteiger partial charge < -0.3 is 14.9 Å². The maximum atomic E-state index is 10.7. The highest BCUT2D eigenvalue weighted by Gasteiger charge is 2.37. The molecule has 1 aromatic carbocycles. The highest BCUT2D eigenvalue weighted by Crippen LogP contribution is 2.47. The van der Waals surface area contributed by atoms with Crippen molar-refractivity contribution in [2.75, 3.05) is 13.2 Å². The lowest BCUT2D eigenvalue weighted by molar-refractivity contribution is -0.141. The van der Waals surface area contributed by atoms with Crippen LogP contribution in [0.25, 0.3) is 0 Å². The largest absolute Gasteiger partial charge is 0.480 e. The molecule has 2 aliphatic rings. The van der Waals surface area contributed by atoms with Gasteiger partial charge in [-0.3, -0.25) is 0 Å². The van der Waals surface area contributed by atoms with E-state index in [9.17, 15) is 9.90 Å². The molecule has 0 spiro atoms. The molecule has 182 valence electrons. The summed E-state index contributed by atoms with van der Waals surface area (Å²) in [5, 5.41) is 19.4. The fourth-order valence-electron chi connectivity index (χ4n) is 5.04. The number of hydrogen-bond donors (Lipinski definition) is 2. The minimum absolute atomic E-state index is 0.0532. The summed E-state index contributed by atoms with van der Waals surface area (Å²) in [4.78, 5) is 10.6. The number of carboxylic acids is 1. The van der Waals surface area contributed by atoms with Crippen LogP contribution in [0, 0.1) is 22.7 Å². The van der Waals surface area contributed by atoms with Crippen molar-refractivity contribution in [1.29, 1.82) is 0 Å². The summed E-state index contributed by atoms with van der Waals surface area (Å²) >= 11 is 0. The first-order valence-electron chi connectivity index (χ1n) is 12.5. The maximum Gasteiger partial charge on any atom is 0.329 e. The van der Waals surface area contributed by atoms with E-state index in [0.29, 0.717) is 6.61 Å². The Morgan fingerprint density at radius 1 is 1.15 bits per heavy atom. The van der Waals surface area contributed by atoms with E-state index in [1.54, 1.807) is 0 Å². The molecule has 0 aliphatic heterocycles. The number of ether oxygens (including phenoxy) is 1. The van der Waals surface area contributed by atoms with Crippen molar-refractivity contribution in [2.45, 2.75) is 70.8 Å². The predicted octanol–water partition coefficient (Wildman–Crippen LogP) is 6.07. The van der Waals surface area contributed by atoms with Gasteiger partial charge >= 0.3 is 5.97 Å². The first-order valence-corrected chi connectivity index (χ1v) is 12.5. The molecule has 34 heavy (non-hydrogen) atoms. The Bertz CT molecular complexity index is 943. The van der Waals surface area contributed by atoms with Gasteiger partial charge in [0.25, 0.3) is 0 Å². The van der Waals surface area contributed by atoms with Gasteiger partial charge in [0, 0.05) is 17.4 Å². The van der Waals surface area contributed by atoms with Crippen molar-refractivity contribution in [3.63, 3.8) is 0 Å². The number of rotatable bonds is 10. The monoisotopic (exact) mass is 462 g/mol. The molecule has 2 aliphatic carbocycles. The fourth-order valence-corrected chi connectivity index (χ4v) is 5.04. The van der Waals surface area contributed by atoms with Gasteiger partial charge in [-0.1, -0.05) is 85.8 Å². The number of aliphatic hydroxyl groups is 1. The standard InChI is InChI=1S/C30H38O4/c1-29(17-7-5-14-26(29)16-22-34-24-28(32)33)18-8-6-15-27(31)23-30(20-10-21-30)19-9-13-25-11-3-2-4-12-25/h2-4,6,8,11-12,15-16,18,27,31H,5,7,10,14,17,19-24H2,1H3,(H,32,33)/b15-6+,18-8+,26-16+/t27?,29-/m0/s1. The summed E-state index contributed by atoms with van der Waals surface area (Å²) in [5.41, 5.74) is 2.43. The SMILES string of the molecule is C[C@@]1(/C=C/C=C/C(O)CC2(CC#Cc3ccccc3)CCC2)CCCC/C1=C\COCC(=O)O. The van der Waals surface area contributed by atoms with E-state index in [1.807, 2.05) is 54.6 Å². The van der Waals surface area contributed by atoms with Gasteiger partial charge in [0.05, 0.1) is 12.7 Å². The zero-order chi connectivity index (χ0) is 24.3. The molecule has 1 unspecified atom stereocenters. The van der Waals surface area contributed by atoms with Gasteiger partial charge in [-0.25, -0.2) is 4.79 Å². The van der Waals surface area contributed by atoms with E-state index >= 15 is 0 Å². The van der Waals surface area contributed by atoms with Gasteiger partial charge in [0.15, 0.2) is 0 Å². The highest BCUT2D eigenvalue weighted by molar-refractivity contribution is 5.68. The smallest absolute Gasteiger partial charge is 0.329 e. The van der Waals surface area contributed by atoms with Crippen LogP contribution >= 0.6 is 0 Å². The molecule has 1 aromatic rings. The van der Waals surface area contributed by atoms with E-state index < -0.39 is 12.1 Å². The number of hydrogen-bond acceptors (Lipinski definition) is 3. The molecule has 2 N–H and O–H groups in total. The van der Waals surface area contributed by atoms with Crippen molar-refractivity contribution in [2.24, 2.45) is 10.8 Å². The molecule has 0 heterocycles.